The first-order chi connectivity index (χ1) is 11.8. The van der Waals surface area contributed by atoms with Crippen LogP contribution in [0.1, 0.15) is 26.6 Å². The molecule has 25 heavy (non-hydrogen) atoms. The van der Waals surface area contributed by atoms with E-state index in [1.165, 1.54) is 24.3 Å². The van der Waals surface area contributed by atoms with Crippen molar-refractivity contribution >= 4 is 16.7 Å². The van der Waals surface area contributed by atoms with Crippen LogP contribution in [0, 0.1) is 15.9 Å². The van der Waals surface area contributed by atoms with E-state index < -0.39 is 10.5 Å². The summed E-state index contributed by atoms with van der Waals surface area (Å²) >= 11 is 0. The third-order valence-electron chi connectivity index (χ3n) is 3.99. The molecule has 0 aliphatic heterocycles. The Morgan fingerprint density at radius 2 is 1.92 bits per heavy atom. The van der Waals surface area contributed by atoms with Gasteiger partial charge in [0.1, 0.15) is 11.6 Å². The number of nitro benzene ring substituents is 1. The number of rotatable bonds is 5. The molecule has 0 spiro atoms. The molecule has 130 valence electrons. The van der Waals surface area contributed by atoms with Gasteiger partial charge in [-0.1, -0.05) is 0 Å². The molecule has 0 unspecified atom stereocenters. The molecule has 0 amide bonds. The Morgan fingerprint density at radius 3 is 2.52 bits per heavy atom. The standard InChI is InChI=1S/C18H18FN3O3/c1-4-21-16-11-12(19)5-10-15(16)20-17(21)18(2,3)25-14-8-6-13(7-9-14)22(23)24/h5-11H,4H2,1-3H3. The molecule has 6 nitrogen and oxygen atoms in total. The van der Waals surface area contributed by atoms with Crippen molar-refractivity contribution in [3.8, 4) is 5.75 Å². The number of hydrogen-bond donors (Lipinski definition) is 0. The number of imidazole rings is 1. The van der Waals surface area contributed by atoms with Gasteiger partial charge >= 0.3 is 0 Å². The summed E-state index contributed by atoms with van der Waals surface area (Å²) in [5, 5.41) is 10.8. The van der Waals surface area contributed by atoms with Gasteiger partial charge in [-0.3, -0.25) is 10.1 Å². The third-order valence-corrected chi connectivity index (χ3v) is 3.99. The second-order valence-electron chi connectivity index (χ2n) is 6.18. The number of benzene rings is 2. The van der Waals surface area contributed by atoms with Crippen LogP contribution in [0.5, 0.6) is 5.75 Å². The van der Waals surface area contributed by atoms with Gasteiger partial charge in [-0.15, -0.1) is 0 Å². The lowest BCUT2D eigenvalue weighted by atomic mass is 10.1. The molecule has 2 aromatic carbocycles. The van der Waals surface area contributed by atoms with Crippen molar-refractivity contribution in [1.82, 2.24) is 9.55 Å². The number of ether oxygens (including phenoxy) is 1. The van der Waals surface area contributed by atoms with Crippen LogP contribution >= 0.6 is 0 Å². The average Bonchev–Trinajstić information content (AvgIpc) is 2.93. The maximum atomic E-state index is 13.6. The minimum Gasteiger partial charge on any atom is -0.480 e. The van der Waals surface area contributed by atoms with E-state index in [2.05, 4.69) is 4.98 Å². The molecule has 0 aliphatic rings. The summed E-state index contributed by atoms with van der Waals surface area (Å²) in [5.74, 6) is 0.841. The van der Waals surface area contributed by atoms with Crippen LogP contribution in [-0.4, -0.2) is 14.5 Å². The van der Waals surface area contributed by atoms with Gasteiger partial charge in [0.15, 0.2) is 11.4 Å². The number of aromatic nitrogens is 2. The van der Waals surface area contributed by atoms with E-state index in [-0.39, 0.29) is 11.5 Å². The van der Waals surface area contributed by atoms with Gasteiger partial charge in [0.2, 0.25) is 0 Å². The fraction of sp³-hybridized carbons (Fsp3) is 0.278. The van der Waals surface area contributed by atoms with Crippen LogP contribution < -0.4 is 4.74 Å². The topological polar surface area (TPSA) is 70.2 Å². The van der Waals surface area contributed by atoms with E-state index in [0.29, 0.717) is 29.2 Å². The summed E-state index contributed by atoms with van der Waals surface area (Å²) in [6.07, 6.45) is 0. The number of aryl methyl sites for hydroxylation is 1. The number of hydrogen-bond acceptors (Lipinski definition) is 4. The first-order valence-electron chi connectivity index (χ1n) is 7.91. The van der Waals surface area contributed by atoms with E-state index in [1.807, 2.05) is 25.3 Å². The summed E-state index contributed by atoms with van der Waals surface area (Å²) in [6.45, 7) is 6.29. The first-order valence-corrected chi connectivity index (χ1v) is 7.91. The minimum absolute atomic E-state index is 0.00132. The van der Waals surface area contributed by atoms with Crippen LogP contribution in [0.25, 0.3) is 11.0 Å². The second-order valence-corrected chi connectivity index (χ2v) is 6.18. The van der Waals surface area contributed by atoms with Crippen molar-refractivity contribution in [2.75, 3.05) is 0 Å². The monoisotopic (exact) mass is 343 g/mol. The lowest BCUT2D eigenvalue weighted by molar-refractivity contribution is -0.384. The number of halogens is 1. The summed E-state index contributed by atoms with van der Waals surface area (Å²) in [7, 11) is 0. The molecule has 0 fully saturated rings. The molecule has 0 atom stereocenters. The predicted octanol–water partition coefficient (Wildman–Crippen LogP) is 4.42. The highest BCUT2D eigenvalue weighted by molar-refractivity contribution is 5.76. The minimum atomic E-state index is -0.804. The Hall–Kier alpha value is -2.96. The predicted molar refractivity (Wildman–Crippen MR) is 92.1 cm³/mol. The first kappa shape index (κ1) is 16.9. The Bertz CT molecular complexity index is 933. The highest BCUT2D eigenvalue weighted by Crippen LogP contribution is 2.31. The summed E-state index contributed by atoms with van der Waals surface area (Å²) < 4.78 is 21.5. The summed E-state index contributed by atoms with van der Waals surface area (Å²) in [6, 6.07) is 10.4. The van der Waals surface area contributed by atoms with E-state index in [1.54, 1.807) is 18.2 Å². The van der Waals surface area contributed by atoms with Crippen molar-refractivity contribution < 1.29 is 14.1 Å². The van der Waals surface area contributed by atoms with Crippen LogP contribution in [-0.2, 0) is 12.1 Å². The lowest BCUT2D eigenvalue weighted by Crippen LogP contribution is -2.29. The Labute approximate surface area is 144 Å². The van der Waals surface area contributed by atoms with Crippen LogP contribution in [0.2, 0.25) is 0 Å². The van der Waals surface area contributed by atoms with Crippen LogP contribution in [0.4, 0.5) is 10.1 Å². The summed E-state index contributed by atoms with van der Waals surface area (Å²) in [5.41, 5.74) is 0.597. The van der Waals surface area contributed by atoms with E-state index in [4.69, 9.17) is 4.74 Å². The number of non-ortho nitro benzene ring substituents is 1. The van der Waals surface area contributed by atoms with E-state index >= 15 is 0 Å². The van der Waals surface area contributed by atoms with Gasteiger partial charge in [-0.2, -0.15) is 0 Å². The normalized spacial score (nSPS) is 11.7. The molecule has 0 saturated carbocycles. The van der Waals surface area contributed by atoms with Gasteiger partial charge in [0.25, 0.3) is 5.69 Å². The molecule has 0 aliphatic carbocycles. The Kier molecular flexibility index (Phi) is 4.16. The van der Waals surface area contributed by atoms with E-state index in [9.17, 15) is 14.5 Å². The molecule has 0 bridgehead atoms. The zero-order valence-electron chi connectivity index (χ0n) is 14.2. The van der Waals surface area contributed by atoms with Crippen molar-refractivity contribution in [2.24, 2.45) is 0 Å². The molecule has 1 heterocycles. The SMILES string of the molecule is CCn1c(C(C)(C)Oc2ccc([N+](=O)[O-])cc2)nc2ccc(F)cc21. The number of fused-ring (bicyclic) bond motifs is 1. The molecule has 0 radical (unpaired) electrons. The van der Waals surface area contributed by atoms with Gasteiger partial charge in [-0.25, -0.2) is 9.37 Å². The zero-order valence-corrected chi connectivity index (χ0v) is 14.2. The second kappa shape index (κ2) is 6.16. The highest BCUT2D eigenvalue weighted by Gasteiger charge is 2.30. The summed E-state index contributed by atoms with van der Waals surface area (Å²) in [4.78, 5) is 14.9. The molecule has 3 rings (SSSR count). The molecule has 0 saturated heterocycles. The van der Waals surface area contributed by atoms with E-state index in [0.717, 1.165) is 0 Å². The van der Waals surface area contributed by atoms with Crippen molar-refractivity contribution in [3.63, 3.8) is 0 Å². The fourth-order valence-electron chi connectivity index (χ4n) is 2.85. The maximum Gasteiger partial charge on any atom is 0.269 e. The van der Waals surface area contributed by atoms with Gasteiger partial charge in [-0.05, 0) is 51.1 Å². The van der Waals surface area contributed by atoms with Gasteiger partial charge in [0, 0.05) is 18.7 Å². The lowest BCUT2D eigenvalue weighted by Gasteiger charge is -2.26. The van der Waals surface area contributed by atoms with Gasteiger partial charge < -0.3 is 9.30 Å². The van der Waals surface area contributed by atoms with Crippen LogP contribution in [0.3, 0.4) is 0 Å². The van der Waals surface area contributed by atoms with Crippen molar-refractivity contribution in [2.45, 2.75) is 32.9 Å². The van der Waals surface area contributed by atoms with Gasteiger partial charge in [0.05, 0.1) is 16.0 Å². The Morgan fingerprint density at radius 1 is 1.24 bits per heavy atom. The molecule has 1 aromatic heterocycles. The van der Waals surface area contributed by atoms with Crippen LogP contribution in [0.15, 0.2) is 42.5 Å². The fourth-order valence-corrected chi connectivity index (χ4v) is 2.85. The molecular weight excluding hydrogens is 325 g/mol. The average molecular weight is 343 g/mol. The largest absolute Gasteiger partial charge is 0.480 e. The van der Waals surface area contributed by atoms with Crippen molar-refractivity contribution in [1.29, 1.82) is 0 Å². The zero-order chi connectivity index (χ0) is 18.2. The quantitative estimate of drug-likeness (QED) is 0.508. The Balaban J connectivity index is 1.99. The number of nitrogens with zero attached hydrogens (tertiary/aromatic N) is 3. The highest BCUT2D eigenvalue weighted by atomic mass is 19.1. The molecule has 0 N–H and O–H groups in total. The molecule has 3 aromatic rings. The maximum absolute atomic E-state index is 13.6. The third kappa shape index (κ3) is 3.17. The molecule has 7 heteroatoms. The number of nitro groups is 1. The molecular formula is C18H18FN3O3. The smallest absolute Gasteiger partial charge is 0.269 e. The van der Waals surface area contributed by atoms with Crippen molar-refractivity contribution in [3.05, 3.63) is 64.2 Å².